The molecular weight excluding hydrogens is 168 g/mol. The van der Waals surface area contributed by atoms with Gasteiger partial charge in [0.25, 0.3) is 0 Å². The molecule has 0 saturated carbocycles. The van der Waals surface area contributed by atoms with Gasteiger partial charge in [-0.3, -0.25) is 4.79 Å². The minimum Gasteiger partial charge on any atom is -0.384 e. The van der Waals surface area contributed by atoms with Crippen LogP contribution in [0.25, 0.3) is 0 Å². The molecule has 0 spiro atoms. The van der Waals surface area contributed by atoms with Crippen molar-refractivity contribution >= 4 is 5.91 Å². The van der Waals surface area contributed by atoms with E-state index >= 15 is 0 Å². The van der Waals surface area contributed by atoms with Crippen molar-refractivity contribution in [1.29, 1.82) is 0 Å². The van der Waals surface area contributed by atoms with Gasteiger partial charge in [-0.25, -0.2) is 0 Å². The number of hydrogen-bond acceptors (Lipinski definition) is 3. The fourth-order valence-electron chi connectivity index (χ4n) is 1.47. The van der Waals surface area contributed by atoms with Gasteiger partial charge < -0.3 is 15.4 Å². The molecule has 1 aliphatic heterocycles. The largest absolute Gasteiger partial charge is 0.384 e. The molecule has 0 aromatic carbocycles. The van der Waals surface area contributed by atoms with E-state index in [1.807, 2.05) is 0 Å². The number of hydrogen-bond donors (Lipinski definition) is 2. The first-order valence-electron chi connectivity index (χ1n) is 4.82. The van der Waals surface area contributed by atoms with Gasteiger partial charge in [-0.15, -0.1) is 0 Å². The molecule has 1 heterocycles. The molecule has 4 heteroatoms. The lowest BCUT2D eigenvalue weighted by Crippen LogP contribution is -2.45. The summed E-state index contributed by atoms with van der Waals surface area (Å²) in [6.07, 6.45) is 2.70. The quantitative estimate of drug-likeness (QED) is 0.644. The number of piperidine rings is 1. The summed E-state index contributed by atoms with van der Waals surface area (Å²) in [4.78, 5) is 11.3. The van der Waals surface area contributed by atoms with E-state index in [0.717, 1.165) is 25.9 Å². The van der Waals surface area contributed by atoms with Crippen molar-refractivity contribution < 1.29 is 9.53 Å². The van der Waals surface area contributed by atoms with E-state index in [0.29, 0.717) is 19.1 Å². The Labute approximate surface area is 79.0 Å². The predicted molar refractivity (Wildman–Crippen MR) is 50.5 cm³/mol. The Hall–Kier alpha value is -0.610. The highest BCUT2D eigenvalue weighted by Gasteiger charge is 2.14. The van der Waals surface area contributed by atoms with Gasteiger partial charge in [0.2, 0.25) is 5.91 Å². The minimum atomic E-state index is 0.0931. The fraction of sp³-hybridized carbons (Fsp3) is 0.889. The molecule has 1 fully saturated rings. The lowest BCUT2D eigenvalue weighted by molar-refractivity contribution is -0.122. The first kappa shape index (κ1) is 10.5. The SMILES string of the molecule is COCCC(=O)N[C@@H]1CCCNC1. The topological polar surface area (TPSA) is 50.4 Å². The van der Waals surface area contributed by atoms with Crippen molar-refractivity contribution in [3.8, 4) is 0 Å². The van der Waals surface area contributed by atoms with Gasteiger partial charge in [-0.05, 0) is 19.4 Å². The van der Waals surface area contributed by atoms with Gasteiger partial charge in [0, 0.05) is 26.1 Å². The number of carbonyl (C=O) groups is 1. The highest BCUT2D eigenvalue weighted by atomic mass is 16.5. The third-order valence-electron chi connectivity index (χ3n) is 2.20. The van der Waals surface area contributed by atoms with Crippen LogP contribution in [0.4, 0.5) is 0 Å². The highest BCUT2D eigenvalue weighted by molar-refractivity contribution is 5.76. The second-order valence-electron chi connectivity index (χ2n) is 3.35. The summed E-state index contributed by atoms with van der Waals surface area (Å²) < 4.78 is 4.83. The Kier molecular flexibility index (Phi) is 4.78. The molecule has 1 saturated heterocycles. The Morgan fingerprint density at radius 3 is 3.15 bits per heavy atom. The Morgan fingerprint density at radius 2 is 2.54 bits per heavy atom. The summed E-state index contributed by atoms with van der Waals surface area (Å²) in [6, 6.07) is 0.318. The summed E-state index contributed by atoms with van der Waals surface area (Å²) >= 11 is 0. The maximum absolute atomic E-state index is 11.3. The number of carbonyl (C=O) groups excluding carboxylic acids is 1. The zero-order valence-electron chi connectivity index (χ0n) is 8.14. The van der Waals surface area contributed by atoms with Crippen LogP contribution in [0.2, 0.25) is 0 Å². The molecule has 1 atom stereocenters. The van der Waals surface area contributed by atoms with Gasteiger partial charge in [0.05, 0.1) is 6.61 Å². The molecule has 0 radical (unpaired) electrons. The molecule has 2 N–H and O–H groups in total. The second kappa shape index (κ2) is 5.94. The van der Waals surface area contributed by atoms with Crippen LogP contribution in [0.15, 0.2) is 0 Å². The van der Waals surface area contributed by atoms with E-state index in [2.05, 4.69) is 10.6 Å². The van der Waals surface area contributed by atoms with Crippen LogP contribution in [-0.2, 0) is 9.53 Å². The van der Waals surface area contributed by atoms with Crippen molar-refractivity contribution in [2.45, 2.75) is 25.3 Å². The van der Waals surface area contributed by atoms with E-state index in [9.17, 15) is 4.79 Å². The third-order valence-corrected chi connectivity index (χ3v) is 2.20. The number of nitrogens with one attached hydrogen (secondary N) is 2. The smallest absolute Gasteiger partial charge is 0.222 e. The molecule has 4 nitrogen and oxygen atoms in total. The molecular formula is C9H18N2O2. The van der Waals surface area contributed by atoms with Crippen LogP contribution in [-0.4, -0.2) is 38.8 Å². The van der Waals surface area contributed by atoms with Crippen LogP contribution < -0.4 is 10.6 Å². The maximum Gasteiger partial charge on any atom is 0.222 e. The lowest BCUT2D eigenvalue weighted by Gasteiger charge is -2.23. The van der Waals surface area contributed by atoms with E-state index in [1.54, 1.807) is 7.11 Å². The van der Waals surface area contributed by atoms with Crippen LogP contribution in [0.5, 0.6) is 0 Å². The molecule has 0 bridgehead atoms. The normalized spacial score (nSPS) is 22.7. The summed E-state index contributed by atoms with van der Waals surface area (Å²) in [5, 5.41) is 6.22. The van der Waals surface area contributed by atoms with Crippen LogP contribution in [0.1, 0.15) is 19.3 Å². The average molecular weight is 186 g/mol. The Balaban J connectivity index is 2.11. The van der Waals surface area contributed by atoms with Gasteiger partial charge in [0.15, 0.2) is 0 Å². The maximum atomic E-state index is 11.3. The molecule has 1 amide bonds. The summed E-state index contributed by atoms with van der Waals surface area (Å²) in [5.74, 6) is 0.0931. The second-order valence-corrected chi connectivity index (χ2v) is 3.35. The van der Waals surface area contributed by atoms with E-state index in [1.165, 1.54) is 0 Å². The predicted octanol–water partition coefficient (Wildman–Crippen LogP) is -0.109. The molecule has 0 aliphatic carbocycles. The summed E-state index contributed by atoms with van der Waals surface area (Å²) in [5.41, 5.74) is 0. The van der Waals surface area contributed by atoms with Crippen molar-refractivity contribution in [2.24, 2.45) is 0 Å². The van der Waals surface area contributed by atoms with Crippen molar-refractivity contribution in [2.75, 3.05) is 26.8 Å². The molecule has 0 unspecified atom stereocenters. The average Bonchev–Trinajstić information content (AvgIpc) is 2.16. The van der Waals surface area contributed by atoms with Gasteiger partial charge >= 0.3 is 0 Å². The molecule has 13 heavy (non-hydrogen) atoms. The van der Waals surface area contributed by atoms with Crippen LogP contribution in [0, 0.1) is 0 Å². The highest BCUT2D eigenvalue weighted by Crippen LogP contribution is 2.01. The Morgan fingerprint density at radius 1 is 1.69 bits per heavy atom. The summed E-state index contributed by atoms with van der Waals surface area (Å²) in [7, 11) is 1.61. The first-order chi connectivity index (χ1) is 6.33. The third kappa shape index (κ3) is 4.24. The monoisotopic (exact) mass is 186 g/mol. The van der Waals surface area contributed by atoms with Crippen molar-refractivity contribution in [1.82, 2.24) is 10.6 Å². The molecule has 1 aliphatic rings. The van der Waals surface area contributed by atoms with E-state index < -0.39 is 0 Å². The van der Waals surface area contributed by atoms with Crippen molar-refractivity contribution in [3.05, 3.63) is 0 Å². The van der Waals surface area contributed by atoms with Gasteiger partial charge in [0.1, 0.15) is 0 Å². The molecule has 1 rings (SSSR count). The summed E-state index contributed by atoms with van der Waals surface area (Å²) in [6.45, 7) is 2.48. The van der Waals surface area contributed by atoms with Crippen LogP contribution >= 0.6 is 0 Å². The molecule has 76 valence electrons. The van der Waals surface area contributed by atoms with E-state index in [-0.39, 0.29) is 5.91 Å². The number of ether oxygens (including phenoxy) is 1. The first-order valence-corrected chi connectivity index (χ1v) is 4.82. The van der Waals surface area contributed by atoms with E-state index in [4.69, 9.17) is 4.74 Å². The Bertz CT molecular complexity index is 156. The lowest BCUT2D eigenvalue weighted by atomic mass is 10.1. The standard InChI is InChI=1S/C9H18N2O2/c1-13-6-4-9(12)11-8-3-2-5-10-7-8/h8,10H,2-7H2,1H3,(H,11,12)/t8-/m1/s1. The number of rotatable bonds is 4. The number of amides is 1. The minimum absolute atomic E-state index is 0.0931. The number of methoxy groups -OCH3 is 1. The molecule has 0 aromatic rings. The van der Waals surface area contributed by atoms with Crippen molar-refractivity contribution in [3.63, 3.8) is 0 Å². The van der Waals surface area contributed by atoms with Gasteiger partial charge in [-0.1, -0.05) is 0 Å². The fourth-order valence-corrected chi connectivity index (χ4v) is 1.47. The molecule has 0 aromatic heterocycles. The van der Waals surface area contributed by atoms with Crippen LogP contribution in [0.3, 0.4) is 0 Å². The zero-order chi connectivity index (χ0) is 9.52. The van der Waals surface area contributed by atoms with Gasteiger partial charge in [-0.2, -0.15) is 0 Å². The zero-order valence-corrected chi connectivity index (χ0v) is 8.14.